The van der Waals surface area contributed by atoms with Crippen molar-refractivity contribution in [3.63, 3.8) is 0 Å². The van der Waals surface area contributed by atoms with E-state index in [0.29, 0.717) is 0 Å². The van der Waals surface area contributed by atoms with E-state index in [1.54, 1.807) is 0 Å². The number of nitrogens with zero attached hydrogens (tertiary/aromatic N) is 1. The fourth-order valence-electron chi connectivity index (χ4n) is 0.0645. The van der Waals surface area contributed by atoms with E-state index in [0.717, 1.165) is 0 Å². The van der Waals surface area contributed by atoms with Crippen molar-refractivity contribution in [3.05, 3.63) is 6.58 Å². The van der Waals surface area contributed by atoms with Gasteiger partial charge in [0.2, 0.25) is 0 Å². The molecule has 0 aliphatic rings. The minimum absolute atomic E-state index is 1.44. The van der Waals surface area contributed by atoms with E-state index in [1.807, 2.05) is 0 Å². The summed E-state index contributed by atoms with van der Waals surface area (Å²) in [5, 5.41) is 3.11. The van der Waals surface area contributed by atoms with Crippen LogP contribution in [0, 0.1) is 0 Å². The molecule has 0 rings (SSSR count). The van der Waals surface area contributed by atoms with Crippen LogP contribution in [0.25, 0.3) is 0 Å². The first-order valence-electron chi connectivity index (χ1n) is 1.17. The fourth-order valence-corrected chi connectivity index (χ4v) is 0.0645. The molecule has 0 aliphatic carbocycles. The van der Waals surface area contributed by atoms with Crippen molar-refractivity contribution in [2.24, 2.45) is 5.16 Å². The normalized spacial score (nSPS) is 5.00. The van der Waals surface area contributed by atoms with Crippen molar-refractivity contribution in [2.75, 3.05) is 7.11 Å². The minimum Gasteiger partial charge on any atom is -0.392 e. The first kappa shape index (κ1) is 4.25. The molecule has 0 aliphatic heterocycles. The Morgan fingerprint density at radius 2 is 2.60 bits per heavy atom. The quantitative estimate of drug-likeness (QED) is 0.324. The average Bonchev–Trinajstić information content (AvgIpc) is 1.41. The molecule has 0 N–H and O–H groups in total. The minimum atomic E-state index is 1.44. The third kappa shape index (κ3) is 3.25. The first-order chi connectivity index (χ1) is 2.41. The molecule has 2 heteroatoms. The fraction of sp³-hybridized carbons (Fsp3) is 0.333. The average molecular weight is 71.1 g/mol. The molecule has 0 heterocycles. The van der Waals surface area contributed by atoms with Crippen LogP contribution in [0.1, 0.15) is 0 Å². The summed E-state index contributed by atoms with van der Waals surface area (Å²) in [6.45, 7) is 3.13. The summed E-state index contributed by atoms with van der Waals surface area (Å²) in [6, 6.07) is 0. The zero-order chi connectivity index (χ0) is 4.12. The van der Waals surface area contributed by atoms with Gasteiger partial charge in [0.15, 0.2) is 0 Å². The molecule has 0 aromatic heterocycles. The lowest BCUT2D eigenvalue weighted by atomic mass is 11.2. The number of hydrogen-bond acceptors (Lipinski definition) is 2. The molecule has 0 amide bonds. The van der Waals surface area contributed by atoms with Crippen LogP contribution in [-0.2, 0) is 4.84 Å². The van der Waals surface area contributed by atoms with Gasteiger partial charge in [-0.15, -0.1) is 0 Å². The summed E-state index contributed by atoms with van der Waals surface area (Å²) in [5.41, 5.74) is 0. The van der Waals surface area contributed by atoms with Gasteiger partial charge in [0.25, 0.3) is 0 Å². The molecule has 0 fully saturated rings. The standard InChI is InChI=1S/C3H5NO/c1-3-4-5-2/h1H2,2H3. The maximum absolute atomic E-state index is 4.14. The van der Waals surface area contributed by atoms with Gasteiger partial charge in [0, 0.05) is 5.87 Å². The summed E-state index contributed by atoms with van der Waals surface area (Å²) in [7, 11) is 1.44. The summed E-state index contributed by atoms with van der Waals surface area (Å²) in [4.78, 5) is 4.14. The molecule has 2 nitrogen and oxygen atoms in total. The molecule has 0 atom stereocenters. The summed E-state index contributed by atoms with van der Waals surface area (Å²) >= 11 is 0. The van der Waals surface area contributed by atoms with Crippen molar-refractivity contribution in [1.29, 1.82) is 0 Å². The van der Waals surface area contributed by atoms with E-state index in [9.17, 15) is 0 Å². The van der Waals surface area contributed by atoms with Crippen molar-refractivity contribution >= 4 is 5.87 Å². The maximum atomic E-state index is 4.14. The van der Waals surface area contributed by atoms with Crippen molar-refractivity contribution in [1.82, 2.24) is 0 Å². The Bertz CT molecular complexity index is 53.9. The second-order valence-electron chi connectivity index (χ2n) is 0.432. The predicted molar refractivity (Wildman–Crippen MR) is 20.1 cm³/mol. The van der Waals surface area contributed by atoms with Crippen LogP contribution in [0.15, 0.2) is 11.7 Å². The van der Waals surface area contributed by atoms with E-state index in [-0.39, 0.29) is 0 Å². The Labute approximate surface area is 30.7 Å². The second kappa shape index (κ2) is 3.25. The Morgan fingerprint density at radius 3 is 2.60 bits per heavy atom. The summed E-state index contributed by atoms with van der Waals surface area (Å²) < 4.78 is 0. The van der Waals surface area contributed by atoms with Crippen LogP contribution in [0.3, 0.4) is 0 Å². The topological polar surface area (TPSA) is 21.6 Å². The highest BCUT2D eigenvalue weighted by molar-refractivity contribution is 5.45. The smallest absolute Gasteiger partial charge is 0.107 e. The van der Waals surface area contributed by atoms with Gasteiger partial charge < -0.3 is 4.84 Å². The van der Waals surface area contributed by atoms with E-state index in [4.69, 9.17) is 0 Å². The van der Waals surface area contributed by atoms with Crippen LogP contribution in [0.4, 0.5) is 0 Å². The summed E-state index contributed by atoms with van der Waals surface area (Å²) in [5.74, 6) is 2.17. The Balaban J connectivity index is 2.93. The van der Waals surface area contributed by atoms with E-state index >= 15 is 0 Å². The summed E-state index contributed by atoms with van der Waals surface area (Å²) in [6.07, 6.45) is 0. The van der Waals surface area contributed by atoms with Gasteiger partial charge in [0.05, 0.1) is 0 Å². The highest BCUT2D eigenvalue weighted by Crippen LogP contribution is 1.52. The van der Waals surface area contributed by atoms with Gasteiger partial charge in [-0.1, -0.05) is 0 Å². The van der Waals surface area contributed by atoms with E-state index in [2.05, 4.69) is 22.4 Å². The van der Waals surface area contributed by atoms with Gasteiger partial charge in [-0.3, -0.25) is 0 Å². The molecule has 0 aromatic rings. The van der Waals surface area contributed by atoms with Crippen LogP contribution < -0.4 is 0 Å². The zero-order valence-corrected chi connectivity index (χ0v) is 3.06. The molecule has 0 unspecified atom stereocenters. The Kier molecular flexibility index (Phi) is 2.76. The molecule has 0 spiro atoms. The lowest BCUT2D eigenvalue weighted by molar-refractivity contribution is 0.216. The third-order valence-corrected chi connectivity index (χ3v) is 0.156. The highest BCUT2D eigenvalue weighted by Gasteiger charge is 1.41. The van der Waals surface area contributed by atoms with Crippen LogP contribution in [0.2, 0.25) is 0 Å². The molecule has 0 radical (unpaired) electrons. The number of hydrogen-bond donors (Lipinski definition) is 0. The first-order valence-corrected chi connectivity index (χ1v) is 1.17. The maximum Gasteiger partial charge on any atom is 0.107 e. The predicted octanol–water partition coefficient (Wildman–Crippen LogP) is 0.404. The van der Waals surface area contributed by atoms with Crippen LogP contribution in [0.5, 0.6) is 0 Å². The molecular formula is C3H5NO. The van der Waals surface area contributed by atoms with Crippen LogP contribution >= 0.6 is 0 Å². The van der Waals surface area contributed by atoms with Crippen LogP contribution in [-0.4, -0.2) is 13.0 Å². The molecule has 28 valence electrons. The van der Waals surface area contributed by atoms with Gasteiger partial charge >= 0.3 is 0 Å². The molecule has 0 saturated carbocycles. The monoisotopic (exact) mass is 71.0 g/mol. The second-order valence-corrected chi connectivity index (χ2v) is 0.432. The third-order valence-electron chi connectivity index (χ3n) is 0.156. The molecule has 0 bridgehead atoms. The van der Waals surface area contributed by atoms with Crippen molar-refractivity contribution in [2.45, 2.75) is 0 Å². The SMILES string of the molecule is C=C=NOC. The Morgan fingerprint density at radius 1 is 2.00 bits per heavy atom. The molecule has 0 saturated heterocycles. The Hall–Kier alpha value is -0.750. The highest BCUT2D eigenvalue weighted by atomic mass is 16.6. The van der Waals surface area contributed by atoms with Gasteiger partial charge in [-0.25, -0.2) is 0 Å². The van der Waals surface area contributed by atoms with E-state index in [1.165, 1.54) is 7.11 Å². The van der Waals surface area contributed by atoms with Gasteiger partial charge in [-0.05, 0) is 11.7 Å². The molecule has 0 aromatic carbocycles. The van der Waals surface area contributed by atoms with Gasteiger partial charge in [-0.2, -0.15) is 0 Å². The van der Waals surface area contributed by atoms with Crippen molar-refractivity contribution < 1.29 is 4.84 Å². The van der Waals surface area contributed by atoms with Crippen molar-refractivity contribution in [3.8, 4) is 0 Å². The zero-order valence-electron chi connectivity index (χ0n) is 3.06. The largest absolute Gasteiger partial charge is 0.392 e. The van der Waals surface area contributed by atoms with E-state index < -0.39 is 0 Å². The molecular weight excluding hydrogens is 66.0 g/mol. The lowest BCUT2D eigenvalue weighted by Gasteiger charge is -1.70. The van der Waals surface area contributed by atoms with Gasteiger partial charge in [0.1, 0.15) is 7.11 Å². The molecule has 5 heavy (non-hydrogen) atoms. The number of rotatable bonds is 1. The lowest BCUT2D eigenvalue weighted by Crippen LogP contribution is -1.58.